The zero-order valence-electron chi connectivity index (χ0n) is 9.51. The van der Waals surface area contributed by atoms with Crippen molar-refractivity contribution in [3.8, 4) is 0 Å². The van der Waals surface area contributed by atoms with Gasteiger partial charge in [-0.1, -0.05) is 0 Å². The molecule has 0 bridgehead atoms. The predicted octanol–water partition coefficient (Wildman–Crippen LogP) is -0.196. The smallest absolute Gasteiger partial charge is 0.287 e. The van der Waals surface area contributed by atoms with Crippen LogP contribution >= 0.6 is 0 Å². The number of ether oxygens (including phenoxy) is 1. The summed E-state index contributed by atoms with van der Waals surface area (Å²) in [6, 6.07) is 1.14. The number of H-pyrrole nitrogens is 1. The van der Waals surface area contributed by atoms with Gasteiger partial charge in [0.05, 0.1) is 17.7 Å². The van der Waals surface area contributed by atoms with Gasteiger partial charge in [0.25, 0.3) is 11.6 Å². The lowest BCUT2D eigenvalue weighted by molar-refractivity contribution is -0.384. The summed E-state index contributed by atoms with van der Waals surface area (Å²) in [5, 5.41) is 22.9. The van der Waals surface area contributed by atoms with Gasteiger partial charge in [-0.3, -0.25) is 14.9 Å². The van der Waals surface area contributed by atoms with Crippen LogP contribution in [0.4, 0.5) is 5.69 Å². The van der Waals surface area contributed by atoms with Crippen LogP contribution in [0.2, 0.25) is 0 Å². The van der Waals surface area contributed by atoms with Crippen LogP contribution < -0.4 is 5.32 Å². The summed E-state index contributed by atoms with van der Waals surface area (Å²) in [5.41, 5.74) is -1.14. The molecule has 1 amide bonds. The standard InChI is InChI=1S/C10H13N3O5/c14-9(8-3-7(4-11-8)13(16)17)12-5-10(15)1-2-18-6-10/h3-4,11,15H,1-2,5-6H2,(H,12,14). The third-order valence-corrected chi connectivity index (χ3v) is 2.78. The number of nitro groups is 1. The van der Waals surface area contributed by atoms with Crippen molar-refractivity contribution >= 4 is 11.6 Å². The number of rotatable bonds is 4. The molecule has 0 aromatic carbocycles. The number of hydrogen-bond donors (Lipinski definition) is 3. The molecule has 1 atom stereocenters. The normalized spacial score (nSPS) is 22.9. The minimum Gasteiger partial charge on any atom is -0.386 e. The fourth-order valence-corrected chi connectivity index (χ4v) is 1.70. The largest absolute Gasteiger partial charge is 0.386 e. The van der Waals surface area contributed by atoms with E-state index < -0.39 is 16.4 Å². The molecule has 3 N–H and O–H groups in total. The van der Waals surface area contributed by atoms with Crippen LogP contribution in [0.25, 0.3) is 0 Å². The van der Waals surface area contributed by atoms with Gasteiger partial charge < -0.3 is 20.1 Å². The quantitative estimate of drug-likeness (QED) is 0.509. The minimum atomic E-state index is -1.05. The first-order chi connectivity index (χ1) is 8.50. The third kappa shape index (κ3) is 2.66. The first-order valence-corrected chi connectivity index (χ1v) is 5.41. The van der Waals surface area contributed by atoms with Gasteiger partial charge in [-0.05, 0) is 0 Å². The number of nitrogens with zero attached hydrogens (tertiary/aromatic N) is 1. The molecule has 8 heteroatoms. The molecule has 2 rings (SSSR count). The molecule has 98 valence electrons. The SMILES string of the molecule is O=C(NCC1(O)CCOC1)c1cc([N+](=O)[O-])c[nH]1. The average molecular weight is 255 g/mol. The first kappa shape index (κ1) is 12.5. The van der Waals surface area contributed by atoms with Crippen molar-refractivity contribution in [1.82, 2.24) is 10.3 Å². The molecule has 1 fully saturated rings. The third-order valence-electron chi connectivity index (χ3n) is 2.78. The summed E-state index contributed by atoms with van der Waals surface area (Å²) in [4.78, 5) is 24.0. The Hall–Kier alpha value is -1.93. The van der Waals surface area contributed by atoms with E-state index in [-0.39, 0.29) is 24.5 Å². The van der Waals surface area contributed by atoms with Crippen LogP contribution in [-0.4, -0.2) is 46.3 Å². The molecule has 1 saturated heterocycles. The summed E-state index contributed by atoms with van der Waals surface area (Å²) in [7, 11) is 0. The lowest BCUT2D eigenvalue weighted by Gasteiger charge is -2.20. The number of amides is 1. The Morgan fingerprint density at radius 2 is 2.50 bits per heavy atom. The first-order valence-electron chi connectivity index (χ1n) is 5.41. The highest BCUT2D eigenvalue weighted by atomic mass is 16.6. The fraction of sp³-hybridized carbons (Fsp3) is 0.500. The van der Waals surface area contributed by atoms with Crippen LogP contribution in [-0.2, 0) is 4.74 Å². The van der Waals surface area contributed by atoms with E-state index in [4.69, 9.17) is 4.74 Å². The van der Waals surface area contributed by atoms with E-state index >= 15 is 0 Å². The highest BCUT2D eigenvalue weighted by Crippen LogP contribution is 2.17. The number of carbonyl (C=O) groups excluding carboxylic acids is 1. The second-order valence-electron chi connectivity index (χ2n) is 4.24. The van der Waals surface area contributed by atoms with Crippen LogP contribution in [0.15, 0.2) is 12.3 Å². The fourth-order valence-electron chi connectivity index (χ4n) is 1.70. The molecule has 0 saturated carbocycles. The lowest BCUT2D eigenvalue weighted by atomic mass is 10.0. The van der Waals surface area contributed by atoms with Crippen LogP contribution in [0, 0.1) is 10.1 Å². The summed E-state index contributed by atoms with van der Waals surface area (Å²) >= 11 is 0. The van der Waals surface area contributed by atoms with Gasteiger partial charge in [-0.25, -0.2) is 0 Å². The van der Waals surface area contributed by atoms with Crippen molar-refractivity contribution in [2.75, 3.05) is 19.8 Å². The molecule has 1 aliphatic heterocycles. The Kier molecular flexibility index (Phi) is 3.30. The predicted molar refractivity (Wildman–Crippen MR) is 60.2 cm³/mol. The van der Waals surface area contributed by atoms with E-state index in [1.807, 2.05) is 0 Å². The van der Waals surface area contributed by atoms with Gasteiger partial charge in [0, 0.05) is 25.6 Å². The van der Waals surface area contributed by atoms with E-state index in [0.717, 1.165) is 12.3 Å². The number of carbonyl (C=O) groups is 1. The Morgan fingerprint density at radius 3 is 3.06 bits per heavy atom. The Morgan fingerprint density at radius 1 is 1.72 bits per heavy atom. The van der Waals surface area contributed by atoms with Crippen LogP contribution in [0.1, 0.15) is 16.9 Å². The van der Waals surface area contributed by atoms with Crippen molar-refractivity contribution in [2.45, 2.75) is 12.0 Å². The molecule has 0 aliphatic carbocycles. The van der Waals surface area contributed by atoms with Gasteiger partial charge in [-0.2, -0.15) is 0 Å². The molecule has 8 nitrogen and oxygen atoms in total. The molecular weight excluding hydrogens is 242 g/mol. The topological polar surface area (TPSA) is 117 Å². The van der Waals surface area contributed by atoms with E-state index in [1.165, 1.54) is 0 Å². The number of aromatic amines is 1. The molecule has 1 aromatic rings. The molecular formula is C10H13N3O5. The van der Waals surface area contributed by atoms with Gasteiger partial charge in [0.15, 0.2) is 0 Å². The maximum absolute atomic E-state index is 11.7. The number of aromatic nitrogens is 1. The Labute approximate surface area is 102 Å². The van der Waals surface area contributed by atoms with Crippen LogP contribution in [0.5, 0.6) is 0 Å². The second-order valence-corrected chi connectivity index (χ2v) is 4.24. The number of hydrogen-bond acceptors (Lipinski definition) is 5. The summed E-state index contributed by atoms with van der Waals surface area (Å²) in [5.74, 6) is -0.497. The minimum absolute atomic E-state index is 0.0542. The molecule has 0 spiro atoms. The second kappa shape index (κ2) is 4.75. The molecule has 2 heterocycles. The van der Waals surface area contributed by atoms with Gasteiger partial charge in [0.2, 0.25) is 0 Å². The van der Waals surface area contributed by atoms with Gasteiger partial charge in [-0.15, -0.1) is 0 Å². The summed E-state index contributed by atoms with van der Waals surface area (Å²) in [6.07, 6.45) is 1.60. The highest BCUT2D eigenvalue weighted by Gasteiger charge is 2.32. The van der Waals surface area contributed by atoms with E-state index in [0.29, 0.717) is 13.0 Å². The van der Waals surface area contributed by atoms with Crippen LogP contribution in [0.3, 0.4) is 0 Å². The molecule has 0 radical (unpaired) electrons. The van der Waals surface area contributed by atoms with Crippen molar-refractivity contribution in [1.29, 1.82) is 0 Å². The number of nitrogens with one attached hydrogen (secondary N) is 2. The zero-order chi connectivity index (χ0) is 13.2. The summed E-state index contributed by atoms with van der Waals surface area (Å²) < 4.78 is 5.04. The Bertz CT molecular complexity index is 464. The van der Waals surface area contributed by atoms with Crippen molar-refractivity contribution in [2.24, 2.45) is 0 Å². The lowest BCUT2D eigenvalue weighted by Crippen LogP contribution is -2.43. The molecule has 1 aromatic heterocycles. The Balaban J connectivity index is 1.93. The van der Waals surface area contributed by atoms with E-state index in [1.54, 1.807) is 0 Å². The number of aliphatic hydroxyl groups is 1. The van der Waals surface area contributed by atoms with Gasteiger partial charge in [0.1, 0.15) is 11.3 Å². The van der Waals surface area contributed by atoms with E-state index in [2.05, 4.69) is 10.3 Å². The van der Waals surface area contributed by atoms with Crippen molar-refractivity contribution < 1.29 is 19.6 Å². The maximum Gasteiger partial charge on any atom is 0.287 e. The molecule has 1 aliphatic rings. The summed E-state index contributed by atoms with van der Waals surface area (Å²) in [6.45, 7) is 0.692. The zero-order valence-corrected chi connectivity index (χ0v) is 9.51. The monoisotopic (exact) mass is 255 g/mol. The highest BCUT2D eigenvalue weighted by molar-refractivity contribution is 5.93. The average Bonchev–Trinajstić information content (AvgIpc) is 2.95. The van der Waals surface area contributed by atoms with Gasteiger partial charge >= 0.3 is 0 Å². The molecule has 18 heavy (non-hydrogen) atoms. The van der Waals surface area contributed by atoms with E-state index in [9.17, 15) is 20.0 Å². The van der Waals surface area contributed by atoms with Crippen molar-refractivity contribution in [3.05, 3.63) is 28.1 Å². The molecule has 1 unspecified atom stereocenters. The van der Waals surface area contributed by atoms with Crippen molar-refractivity contribution in [3.63, 3.8) is 0 Å². The maximum atomic E-state index is 11.7.